The minimum Gasteiger partial charge on any atom is -0.480 e. The standard InChI is InChI=1S/C21H18N2O6/c1-3-9-22-10-14(21(28)29)20(27)18-17(22)16(12(2)23(18)11-15(24)25)19(26)13-7-5-4-6-8-13/h3-8,10H,1,9,11H2,2H3,(H,24,25)(H,28,29). The lowest BCUT2D eigenvalue weighted by Crippen LogP contribution is -2.22. The number of carboxylic acid groups (broad SMARTS) is 2. The molecule has 1 aromatic carbocycles. The molecule has 29 heavy (non-hydrogen) atoms. The van der Waals surface area contributed by atoms with E-state index in [-0.39, 0.29) is 28.8 Å². The molecule has 8 heteroatoms. The van der Waals surface area contributed by atoms with E-state index in [0.29, 0.717) is 5.56 Å². The molecule has 3 rings (SSSR count). The van der Waals surface area contributed by atoms with Crippen LogP contribution < -0.4 is 5.43 Å². The molecule has 0 atom stereocenters. The highest BCUT2D eigenvalue weighted by Crippen LogP contribution is 2.27. The number of ketones is 1. The summed E-state index contributed by atoms with van der Waals surface area (Å²) >= 11 is 0. The molecule has 2 aromatic heterocycles. The van der Waals surface area contributed by atoms with Crippen LogP contribution in [0.3, 0.4) is 0 Å². The number of aromatic nitrogens is 2. The summed E-state index contributed by atoms with van der Waals surface area (Å²) in [4.78, 5) is 49.1. The van der Waals surface area contributed by atoms with Crippen LogP contribution in [0, 0.1) is 6.92 Å². The van der Waals surface area contributed by atoms with Gasteiger partial charge in [0, 0.05) is 24.0 Å². The van der Waals surface area contributed by atoms with Gasteiger partial charge in [0.2, 0.25) is 5.43 Å². The minimum absolute atomic E-state index is 0.128. The smallest absolute Gasteiger partial charge is 0.341 e. The third-order valence-corrected chi connectivity index (χ3v) is 4.64. The molecule has 0 saturated carbocycles. The summed E-state index contributed by atoms with van der Waals surface area (Å²) in [5.74, 6) is -3.05. The zero-order chi connectivity index (χ0) is 21.3. The maximum atomic E-state index is 13.2. The van der Waals surface area contributed by atoms with Gasteiger partial charge in [-0.3, -0.25) is 14.4 Å². The number of fused-ring (bicyclic) bond motifs is 1. The molecule has 0 saturated heterocycles. The number of rotatable bonds is 7. The van der Waals surface area contributed by atoms with E-state index < -0.39 is 35.3 Å². The molecule has 8 nitrogen and oxygen atoms in total. The van der Waals surface area contributed by atoms with Gasteiger partial charge in [-0.15, -0.1) is 6.58 Å². The average Bonchev–Trinajstić information content (AvgIpc) is 2.96. The summed E-state index contributed by atoms with van der Waals surface area (Å²) in [5.41, 5.74) is -0.508. The van der Waals surface area contributed by atoms with Crippen LogP contribution in [0.1, 0.15) is 32.0 Å². The lowest BCUT2D eigenvalue weighted by Gasteiger charge is -2.10. The van der Waals surface area contributed by atoms with Crippen LogP contribution in [0.15, 0.2) is 54.0 Å². The minimum atomic E-state index is -1.44. The van der Waals surface area contributed by atoms with Gasteiger partial charge in [0.1, 0.15) is 17.6 Å². The first kappa shape index (κ1) is 19.8. The number of benzene rings is 1. The molecular formula is C21H18N2O6. The molecule has 0 aliphatic carbocycles. The molecule has 0 aliphatic heterocycles. The van der Waals surface area contributed by atoms with Gasteiger partial charge in [-0.1, -0.05) is 36.4 Å². The number of nitrogens with zero attached hydrogens (tertiary/aromatic N) is 2. The first-order valence-corrected chi connectivity index (χ1v) is 8.69. The normalized spacial score (nSPS) is 10.8. The number of aromatic carboxylic acids is 1. The van der Waals surface area contributed by atoms with E-state index in [2.05, 4.69) is 6.58 Å². The van der Waals surface area contributed by atoms with Gasteiger partial charge in [0.15, 0.2) is 5.78 Å². The van der Waals surface area contributed by atoms with E-state index in [9.17, 15) is 29.4 Å². The van der Waals surface area contributed by atoms with Crippen molar-refractivity contribution in [1.29, 1.82) is 0 Å². The van der Waals surface area contributed by atoms with Crippen LogP contribution in [-0.2, 0) is 17.9 Å². The molecular weight excluding hydrogens is 376 g/mol. The molecule has 3 aromatic rings. The molecule has 2 heterocycles. The molecule has 0 unspecified atom stereocenters. The van der Waals surface area contributed by atoms with Gasteiger partial charge in [-0.2, -0.15) is 0 Å². The zero-order valence-corrected chi connectivity index (χ0v) is 15.6. The van der Waals surface area contributed by atoms with E-state index in [1.807, 2.05) is 0 Å². The van der Waals surface area contributed by atoms with Crippen LogP contribution in [0.2, 0.25) is 0 Å². The maximum Gasteiger partial charge on any atom is 0.341 e. The Hall–Kier alpha value is -3.94. The Morgan fingerprint density at radius 2 is 1.76 bits per heavy atom. The number of hydrogen-bond donors (Lipinski definition) is 2. The predicted octanol–water partition coefficient (Wildman–Crippen LogP) is 2.31. The Morgan fingerprint density at radius 1 is 1.10 bits per heavy atom. The number of carbonyl (C=O) groups is 3. The van der Waals surface area contributed by atoms with Crippen molar-refractivity contribution >= 4 is 28.8 Å². The maximum absolute atomic E-state index is 13.2. The lowest BCUT2D eigenvalue weighted by molar-refractivity contribution is -0.137. The highest BCUT2D eigenvalue weighted by atomic mass is 16.4. The Morgan fingerprint density at radius 3 is 2.31 bits per heavy atom. The van der Waals surface area contributed by atoms with Gasteiger partial charge >= 0.3 is 11.9 Å². The quantitative estimate of drug-likeness (QED) is 0.469. The van der Waals surface area contributed by atoms with Gasteiger partial charge < -0.3 is 19.3 Å². The third-order valence-electron chi connectivity index (χ3n) is 4.64. The number of hydrogen-bond acceptors (Lipinski definition) is 4. The van der Waals surface area contributed by atoms with Gasteiger partial charge in [0.25, 0.3) is 0 Å². The number of carboxylic acids is 2. The van der Waals surface area contributed by atoms with Gasteiger partial charge in [0.05, 0.1) is 11.1 Å². The fraction of sp³-hybridized carbons (Fsp3) is 0.143. The van der Waals surface area contributed by atoms with Crippen LogP contribution in [0.4, 0.5) is 0 Å². The molecule has 0 fully saturated rings. The van der Waals surface area contributed by atoms with Crippen molar-refractivity contribution in [3.63, 3.8) is 0 Å². The second kappa shape index (κ2) is 7.59. The summed E-state index contributed by atoms with van der Waals surface area (Å²) < 4.78 is 2.62. The highest BCUT2D eigenvalue weighted by molar-refractivity contribution is 6.17. The number of carbonyl (C=O) groups excluding carboxylic acids is 1. The Bertz CT molecular complexity index is 1220. The first-order valence-electron chi connectivity index (χ1n) is 8.69. The second-order valence-corrected chi connectivity index (χ2v) is 6.45. The first-order chi connectivity index (χ1) is 13.8. The Kier molecular flexibility index (Phi) is 5.18. The molecule has 148 valence electrons. The van der Waals surface area contributed by atoms with Crippen molar-refractivity contribution in [3.05, 3.63) is 81.8 Å². The van der Waals surface area contributed by atoms with Crippen molar-refractivity contribution in [2.24, 2.45) is 0 Å². The van der Waals surface area contributed by atoms with E-state index in [1.54, 1.807) is 30.3 Å². The topological polar surface area (TPSA) is 119 Å². The van der Waals surface area contributed by atoms with Gasteiger partial charge in [-0.05, 0) is 6.92 Å². The lowest BCUT2D eigenvalue weighted by atomic mass is 10.0. The average molecular weight is 394 g/mol. The number of aliphatic carboxylic acids is 1. The summed E-state index contributed by atoms with van der Waals surface area (Å²) in [6.07, 6.45) is 2.65. The summed E-state index contributed by atoms with van der Waals surface area (Å²) in [6.45, 7) is 4.72. The monoisotopic (exact) mass is 394 g/mol. The highest BCUT2D eigenvalue weighted by Gasteiger charge is 2.28. The molecule has 0 aliphatic rings. The predicted molar refractivity (Wildman–Crippen MR) is 106 cm³/mol. The van der Waals surface area contributed by atoms with Crippen molar-refractivity contribution in [2.75, 3.05) is 0 Å². The SMILES string of the molecule is C=CCn1cc(C(=O)O)c(=O)c2c1c(C(=O)c1ccccc1)c(C)n2CC(=O)O. The van der Waals surface area contributed by atoms with E-state index in [1.165, 1.54) is 22.1 Å². The summed E-state index contributed by atoms with van der Waals surface area (Å²) in [5, 5.41) is 18.7. The largest absolute Gasteiger partial charge is 0.480 e. The summed E-state index contributed by atoms with van der Waals surface area (Å²) in [6, 6.07) is 8.37. The van der Waals surface area contributed by atoms with Crippen molar-refractivity contribution in [2.45, 2.75) is 20.0 Å². The van der Waals surface area contributed by atoms with Crippen molar-refractivity contribution < 1.29 is 24.6 Å². The molecule has 0 spiro atoms. The zero-order valence-electron chi connectivity index (χ0n) is 15.6. The van der Waals surface area contributed by atoms with Crippen LogP contribution >= 0.6 is 0 Å². The second-order valence-electron chi connectivity index (χ2n) is 6.45. The molecule has 0 bridgehead atoms. The van der Waals surface area contributed by atoms with E-state index in [4.69, 9.17) is 0 Å². The third kappa shape index (κ3) is 3.36. The fourth-order valence-corrected chi connectivity index (χ4v) is 3.41. The van der Waals surface area contributed by atoms with Crippen LogP contribution in [-0.4, -0.2) is 37.1 Å². The van der Waals surface area contributed by atoms with Gasteiger partial charge in [-0.25, -0.2) is 4.79 Å². The van der Waals surface area contributed by atoms with Crippen LogP contribution in [0.5, 0.6) is 0 Å². The molecule has 0 radical (unpaired) electrons. The number of allylic oxidation sites excluding steroid dienone is 1. The summed E-state index contributed by atoms with van der Waals surface area (Å²) in [7, 11) is 0. The van der Waals surface area contributed by atoms with Crippen molar-refractivity contribution in [1.82, 2.24) is 9.13 Å². The Balaban J connectivity index is 2.50. The van der Waals surface area contributed by atoms with Crippen LogP contribution in [0.25, 0.3) is 11.0 Å². The van der Waals surface area contributed by atoms with E-state index >= 15 is 0 Å². The van der Waals surface area contributed by atoms with Crippen molar-refractivity contribution in [3.8, 4) is 0 Å². The fourth-order valence-electron chi connectivity index (χ4n) is 3.41. The Labute approximate surface area is 164 Å². The number of pyridine rings is 1. The molecule has 2 N–H and O–H groups in total. The van der Waals surface area contributed by atoms with E-state index in [0.717, 1.165) is 6.20 Å². The molecule has 0 amide bonds.